The van der Waals surface area contributed by atoms with Crippen LogP contribution in [-0.2, 0) is 4.74 Å². The van der Waals surface area contributed by atoms with E-state index in [-0.39, 0.29) is 6.10 Å². The lowest BCUT2D eigenvalue weighted by atomic mass is 10.1. The molecule has 0 bridgehead atoms. The molecule has 106 valence electrons. The van der Waals surface area contributed by atoms with Crippen LogP contribution in [0, 0.1) is 5.92 Å². The highest BCUT2D eigenvalue weighted by Crippen LogP contribution is 2.13. The normalized spacial score (nSPS) is 12.4. The summed E-state index contributed by atoms with van der Waals surface area (Å²) in [5.74, 6) is 1.34. The number of nitrogens with two attached hydrogens (primary N) is 1. The van der Waals surface area contributed by atoms with Crippen molar-refractivity contribution in [2.45, 2.75) is 33.3 Å². The quantitative estimate of drug-likeness (QED) is 0.587. The van der Waals surface area contributed by atoms with Gasteiger partial charge in [-0.3, -0.25) is 0 Å². The average molecular weight is 281 g/mol. The van der Waals surface area contributed by atoms with Crippen molar-refractivity contribution < 1.29 is 9.47 Å². The highest BCUT2D eigenvalue weighted by atomic mass is 32.1. The molecule has 0 amide bonds. The van der Waals surface area contributed by atoms with E-state index in [4.69, 9.17) is 27.4 Å². The molecule has 0 spiro atoms. The first kappa shape index (κ1) is 15.9. The smallest absolute Gasteiger partial charge is 0.119 e. The van der Waals surface area contributed by atoms with Gasteiger partial charge >= 0.3 is 0 Å². The van der Waals surface area contributed by atoms with Gasteiger partial charge in [0.2, 0.25) is 0 Å². The molecule has 0 radical (unpaired) electrons. The van der Waals surface area contributed by atoms with Gasteiger partial charge in [0.05, 0.1) is 19.3 Å². The maximum Gasteiger partial charge on any atom is 0.119 e. The number of hydrogen-bond donors (Lipinski definition) is 1. The second kappa shape index (κ2) is 8.12. The molecule has 0 saturated heterocycles. The van der Waals surface area contributed by atoms with Crippen LogP contribution in [0.3, 0.4) is 0 Å². The van der Waals surface area contributed by atoms with Crippen molar-refractivity contribution in [2.75, 3.05) is 13.2 Å². The SMILES string of the molecule is CC(C)C(C)OCCCOc1cccc(C(N)=S)c1. The van der Waals surface area contributed by atoms with Crippen LogP contribution in [0.1, 0.15) is 32.8 Å². The summed E-state index contributed by atoms with van der Waals surface area (Å²) in [5, 5.41) is 0. The highest BCUT2D eigenvalue weighted by molar-refractivity contribution is 7.80. The van der Waals surface area contributed by atoms with Crippen LogP contribution in [0.2, 0.25) is 0 Å². The van der Waals surface area contributed by atoms with Gasteiger partial charge in [0.25, 0.3) is 0 Å². The summed E-state index contributed by atoms with van der Waals surface area (Å²) in [6, 6.07) is 7.53. The average Bonchev–Trinajstić information content (AvgIpc) is 2.38. The van der Waals surface area contributed by atoms with Crippen molar-refractivity contribution >= 4 is 17.2 Å². The van der Waals surface area contributed by atoms with Gasteiger partial charge in [0.15, 0.2) is 0 Å². The molecule has 19 heavy (non-hydrogen) atoms. The minimum Gasteiger partial charge on any atom is -0.493 e. The summed E-state index contributed by atoms with van der Waals surface area (Å²) in [6.07, 6.45) is 1.16. The topological polar surface area (TPSA) is 44.5 Å². The van der Waals surface area contributed by atoms with Crippen molar-refractivity contribution in [1.82, 2.24) is 0 Å². The van der Waals surface area contributed by atoms with Crippen molar-refractivity contribution in [3.8, 4) is 5.75 Å². The Morgan fingerprint density at radius 3 is 2.63 bits per heavy atom. The molecule has 4 heteroatoms. The first-order valence-electron chi connectivity index (χ1n) is 6.65. The van der Waals surface area contributed by atoms with Crippen molar-refractivity contribution in [3.05, 3.63) is 29.8 Å². The third-order valence-corrected chi connectivity index (χ3v) is 3.23. The molecule has 0 aromatic heterocycles. The lowest BCUT2D eigenvalue weighted by Gasteiger charge is -2.16. The van der Waals surface area contributed by atoms with E-state index in [1.807, 2.05) is 24.3 Å². The Labute approximate surface area is 121 Å². The van der Waals surface area contributed by atoms with Crippen LogP contribution in [-0.4, -0.2) is 24.3 Å². The van der Waals surface area contributed by atoms with E-state index in [1.54, 1.807) is 0 Å². The van der Waals surface area contributed by atoms with Gasteiger partial charge in [0.1, 0.15) is 10.7 Å². The van der Waals surface area contributed by atoms with Gasteiger partial charge in [-0.1, -0.05) is 38.2 Å². The molecule has 1 atom stereocenters. The van der Waals surface area contributed by atoms with Gasteiger partial charge in [0, 0.05) is 12.0 Å². The molecule has 0 saturated carbocycles. The lowest BCUT2D eigenvalue weighted by molar-refractivity contribution is 0.0291. The van der Waals surface area contributed by atoms with E-state index in [9.17, 15) is 0 Å². The van der Waals surface area contributed by atoms with E-state index in [1.165, 1.54) is 0 Å². The van der Waals surface area contributed by atoms with Crippen molar-refractivity contribution in [3.63, 3.8) is 0 Å². The van der Waals surface area contributed by atoms with Gasteiger partial charge in [-0.05, 0) is 25.0 Å². The third kappa shape index (κ3) is 6.03. The van der Waals surface area contributed by atoms with Crippen LogP contribution in [0.25, 0.3) is 0 Å². The predicted octanol–water partition coefficient (Wildman–Crippen LogP) is 3.15. The minimum atomic E-state index is 0.290. The summed E-state index contributed by atoms with van der Waals surface area (Å²) in [6.45, 7) is 7.75. The first-order chi connectivity index (χ1) is 9.00. The second-order valence-corrected chi connectivity index (χ2v) is 5.35. The molecule has 1 aromatic rings. The fourth-order valence-corrected chi connectivity index (χ4v) is 1.58. The predicted molar refractivity (Wildman–Crippen MR) is 82.7 cm³/mol. The molecule has 0 aliphatic carbocycles. The van der Waals surface area contributed by atoms with E-state index in [0.717, 1.165) is 17.7 Å². The van der Waals surface area contributed by atoms with Crippen molar-refractivity contribution in [2.24, 2.45) is 11.7 Å². The Morgan fingerprint density at radius 2 is 2.00 bits per heavy atom. The third-order valence-electron chi connectivity index (χ3n) is 3.00. The molecule has 1 aromatic carbocycles. The molecule has 0 aliphatic rings. The zero-order valence-corrected chi connectivity index (χ0v) is 12.7. The fraction of sp³-hybridized carbons (Fsp3) is 0.533. The molecule has 0 fully saturated rings. The highest BCUT2D eigenvalue weighted by Gasteiger charge is 2.06. The molecule has 1 unspecified atom stereocenters. The number of hydrogen-bond acceptors (Lipinski definition) is 3. The van der Waals surface area contributed by atoms with Gasteiger partial charge in [-0.2, -0.15) is 0 Å². The molecular formula is C15H23NO2S. The van der Waals surface area contributed by atoms with Crippen LogP contribution >= 0.6 is 12.2 Å². The maximum absolute atomic E-state index is 5.68. The van der Waals surface area contributed by atoms with Crippen LogP contribution in [0.15, 0.2) is 24.3 Å². The van der Waals surface area contributed by atoms with Crippen molar-refractivity contribution in [1.29, 1.82) is 0 Å². The molecule has 1 rings (SSSR count). The van der Waals surface area contributed by atoms with Crippen LogP contribution in [0.5, 0.6) is 5.75 Å². The zero-order chi connectivity index (χ0) is 14.3. The summed E-state index contributed by atoms with van der Waals surface area (Å²) >= 11 is 4.93. The van der Waals surface area contributed by atoms with Crippen LogP contribution in [0.4, 0.5) is 0 Å². The molecule has 0 aliphatic heterocycles. The largest absolute Gasteiger partial charge is 0.493 e. The summed E-state index contributed by atoms with van der Waals surface area (Å²) in [5.41, 5.74) is 6.41. The van der Waals surface area contributed by atoms with E-state index in [0.29, 0.717) is 24.1 Å². The summed E-state index contributed by atoms with van der Waals surface area (Å²) in [7, 11) is 0. The molecule has 2 N–H and O–H groups in total. The molecule has 3 nitrogen and oxygen atoms in total. The fourth-order valence-electron chi connectivity index (χ4n) is 1.45. The maximum atomic E-state index is 5.68. The Balaban J connectivity index is 2.26. The lowest BCUT2D eigenvalue weighted by Crippen LogP contribution is -2.17. The monoisotopic (exact) mass is 281 g/mol. The number of benzene rings is 1. The molecular weight excluding hydrogens is 258 g/mol. The van der Waals surface area contributed by atoms with Gasteiger partial charge in [-0.15, -0.1) is 0 Å². The van der Waals surface area contributed by atoms with E-state index >= 15 is 0 Å². The van der Waals surface area contributed by atoms with Gasteiger partial charge in [-0.25, -0.2) is 0 Å². The Hall–Kier alpha value is -1.13. The summed E-state index contributed by atoms with van der Waals surface area (Å²) < 4.78 is 11.3. The number of rotatable bonds is 8. The Kier molecular flexibility index (Phi) is 6.81. The minimum absolute atomic E-state index is 0.290. The standard InChI is InChI=1S/C15H23NO2S/c1-11(2)12(3)17-8-5-9-18-14-7-4-6-13(10-14)15(16)19/h4,6-7,10-12H,5,8-9H2,1-3H3,(H2,16,19). The number of ether oxygens (including phenoxy) is 2. The zero-order valence-electron chi connectivity index (χ0n) is 11.9. The Bertz CT molecular complexity index is 407. The first-order valence-corrected chi connectivity index (χ1v) is 7.05. The van der Waals surface area contributed by atoms with E-state index in [2.05, 4.69) is 20.8 Å². The summed E-state index contributed by atoms with van der Waals surface area (Å²) in [4.78, 5) is 0.388. The second-order valence-electron chi connectivity index (χ2n) is 4.91. The Morgan fingerprint density at radius 1 is 1.26 bits per heavy atom. The van der Waals surface area contributed by atoms with E-state index < -0.39 is 0 Å². The van der Waals surface area contributed by atoms with Gasteiger partial charge < -0.3 is 15.2 Å². The van der Waals surface area contributed by atoms with Crippen LogP contribution < -0.4 is 10.5 Å². The molecule has 0 heterocycles. The number of thiocarbonyl (C=S) groups is 1.